The molecule has 0 bridgehead atoms. The maximum Gasteiger partial charge on any atom is 0.331 e. The van der Waals surface area contributed by atoms with E-state index in [9.17, 15) is 9.59 Å². The molecule has 0 aliphatic carbocycles. The van der Waals surface area contributed by atoms with Crippen molar-refractivity contribution in [2.24, 2.45) is 0 Å². The second-order valence-corrected chi connectivity index (χ2v) is 5.55. The maximum absolute atomic E-state index is 12.0. The molecule has 2 rings (SSSR count). The number of rotatable bonds is 5. The molecule has 0 spiro atoms. The summed E-state index contributed by atoms with van der Waals surface area (Å²) in [6.07, 6.45) is 1.93. The Morgan fingerprint density at radius 3 is 2.78 bits per heavy atom. The topological polar surface area (TPSA) is 79.2 Å². The van der Waals surface area contributed by atoms with E-state index in [0.29, 0.717) is 11.3 Å². The first-order chi connectivity index (χ1) is 11.1. The molecule has 0 aliphatic rings. The van der Waals surface area contributed by atoms with Gasteiger partial charge in [-0.1, -0.05) is 18.2 Å². The number of ether oxygens (including phenoxy) is 1. The number of hydrogen-bond acceptors (Lipinski definition) is 5. The number of carbonyl (C=O) groups excluding carboxylic acids is 2. The summed E-state index contributed by atoms with van der Waals surface area (Å²) in [5.41, 5.74) is 0.731. The molecule has 6 heteroatoms. The van der Waals surface area contributed by atoms with Crippen LogP contribution in [0.1, 0.15) is 17.4 Å². The van der Waals surface area contributed by atoms with Crippen molar-refractivity contribution < 1.29 is 14.3 Å². The first-order valence-corrected chi connectivity index (χ1v) is 7.70. The van der Waals surface area contributed by atoms with Crippen molar-refractivity contribution in [2.75, 3.05) is 5.32 Å². The molecule has 0 saturated carbocycles. The van der Waals surface area contributed by atoms with E-state index in [4.69, 9.17) is 10.00 Å². The highest BCUT2D eigenvalue weighted by molar-refractivity contribution is 7.10. The van der Waals surface area contributed by atoms with Crippen molar-refractivity contribution in [3.05, 3.63) is 58.3 Å². The summed E-state index contributed by atoms with van der Waals surface area (Å²) in [6, 6.07) is 12.3. The molecule has 1 atom stereocenters. The lowest BCUT2D eigenvalue weighted by atomic mass is 10.2. The first kappa shape index (κ1) is 16.5. The van der Waals surface area contributed by atoms with Crippen LogP contribution in [0.25, 0.3) is 6.08 Å². The van der Waals surface area contributed by atoms with Crippen LogP contribution in [-0.4, -0.2) is 18.0 Å². The molecule has 0 unspecified atom stereocenters. The van der Waals surface area contributed by atoms with Gasteiger partial charge in [-0.05, 0) is 36.6 Å². The van der Waals surface area contributed by atoms with Crippen LogP contribution in [0.3, 0.4) is 0 Å². The number of hydrogen-bond donors (Lipinski definition) is 1. The molecule has 1 N–H and O–H groups in total. The van der Waals surface area contributed by atoms with Gasteiger partial charge in [0.2, 0.25) is 0 Å². The van der Waals surface area contributed by atoms with Gasteiger partial charge < -0.3 is 10.1 Å². The second kappa shape index (κ2) is 7.92. The number of thiophene rings is 1. The van der Waals surface area contributed by atoms with Crippen molar-refractivity contribution in [2.45, 2.75) is 13.0 Å². The largest absolute Gasteiger partial charge is 0.449 e. The Bertz CT molecular complexity index is 760. The van der Waals surface area contributed by atoms with Gasteiger partial charge in [0.25, 0.3) is 5.91 Å². The fraction of sp³-hybridized carbons (Fsp3) is 0.118. The molecule has 1 amide bonds. The first-order valence-electron chi connectivity index (χ1n) is 6.82. The van der Waals surface area contributed by atoms with E-state index in [1.54, 1.807) is 30.3 Å². The Hall–Kier alpha value is -2.91. The molecule has 116 valence electrons. The molecule has 1 heterocycles. The summed E-state index contributed by atoms with van der Waals surface area (Å²) in [5, 5.41) is 13.5. The standard InChI is InChI=1S/C17H14N2O3S/c1-12(22-16(20)9-8-14-6-4-10-23-14)17(21)19-15-7-3-2-5-13(15)11-18/h2-10,12H,1H3,(H,19,21)/b9-8+/t12-/m1/s1. The monoisotopic (exact) mass is 326 g/mol. The highest BCUT2D eigenvalue weighted by Crippen LogP contribution is 2.14. The van der Waals surface area contributed by atoms with E-state index in [1.807, 2.05) is 23.6 Å². The summed E-state index contributed by atoms with van der Waals surface area (Å²) < 4.78 is 5.04. The molecule has 1 aromatic heterocycles. The second-order valence-electron chi connectivity index (χ2n) is 4.57. The highest BCUT2D eigenvalue weighted by atomic mass is 32.1. The van der Waals surface area contributed by atoms with E-state index >= 15 is 0 Å². The number of nitrogens with one attached hydrogen (secondary N) is 1. The van der Waals surface area contributed by atoms with E-state index < -0.39 is 18.0 Å². The molecule has 1 aromatic carbocycles. The van der Waals surface area contributed by atoms with Crippen LogP contribution in [0.15, 0.2) is 47.9 Å². The summed E-state index contributed by atoms with van der Waals surface area (Å²) in [5.74, 6) is -1.10. The normalized spacial score (nSPS) is 11.7. The molecule has 5 nitrogen and oxygen atoms in total. The van der Waals surface area contributed by atoms with E-state index in [0.717, 1.165) is 4.88 Å². The van der Waals surface area contributed by atoms with Crippen molar-refractivity contribution in [3.8, 4) is 6.07 Å². The number of nitriles is 1. The van der Waals surface area contributed by atoms with Gasteiger partial charge >= 0.3 is 5.97 Å². The zero-order valence-electron chi connectivity index (χ0n) is 12.4. The molecule has 0 radical (unpaired) electrons. The summed E-state index contributed by atoms with van der Waals surface area (Å²) >= 11 is 1.49. The number of para-hydroxylation sites is 1. The van der Waals surface area contributed by atoms with Crippen LogP contribution >= 0.6 is 11.3 Å². The number of anilines is 1. The summed E-state index contributed by atoms with van der Waals surface area (Å²) in [7, 11) is 0. The Morgan fingerprint density at radius 2 is 2.09 bits per heavy atom. The number of esters is 1. The minimum atomic E-state index is -0.970. The lowest BCUT2D eigenvalue weighted by Gasteiger charge is -2.13. The van der Waals surface area contributed by atoms with Gasteiger partial charge in [0.05, 0.1) is 11.3 Å². The third kappa shape index (κ3) is 4.80. The Balaban J connectivity index is 1.92. The predicted octanol–water partition coefficient (Wildman–Crippen LogP) is 3.20. The Labute approximate surface area is 137 Å². The van der Waals surface area contributed by atoms with Crippen LogP contribution in [-0.2, 0) is 14.3 Å². The molecular formula is C17H14N2O3S. The van der Waals surface area contributed by atoms with E-state index in [2.05, 4.69) is 5.32 Å². The Kier molecular flexibility index (Phi) is 5.67. The van der Waals surface area contributed by atoms with Gasteiger partial charge in [-0.2, -0.15) is 5.26 Å². The van der Waals surface area contributed by atoms with Gasteiger partial charge in [-0.3, -0.25) is 4.79 Å². The van der Waals surface area contributed by atoms with E-state index in [1.165, 1.54) is 24.3 Å². The van der Waals surface area contributed by atoms with Crippen molar-refractivity contribution in [1.82, 2.24) is 0 Å². The maximum atomic E-state index is 12.0. The third-order valence-corrected chi connectivity index (χ3v) is 3.73. The minimum Gasteiger partial charge on any atom is -0.449 e. The summed E-state index contributed by atoms with van der Waals surface area (Å²) in [4.78, 5) is 24.6. The molecule has 23 heavy (non-hydrogen) atoms. The molecule has 0 fully saturated rings. The molecule has 0 saturated heterocycles. The van der Waals surface area contributed by atoms with Crippen LogP contribution < -0.4 is 5.32 Å². The Morgan fingerprint density at radius 1 is 1.30 bits per heavy atom. The van der Waals surface area contributed by atoms with Crippen LogP contribution in [0, 0.1) is 11.3 Å². The van der Waals surface area contributed by atoms with Gasteiger partial charge in [0.1, 0.15) is 6.07 Å². The van der Waals surface area contributed by atoms with Crippen molar-refractivity contribution in [1.29, 1.82) is 5.26 Å². The smallest absolute Gasteiger partial charge is 0.331 e. The number of carbonyl (C=O) groups is 2. The quantitative estimate of drug-likeness (QED) is 0.676. The number of benzene rings is 1. The third-order valence-electron chi connectivity index (χ3n) is 2.89. The van der Waals surface area contributed by atoms with Gasteiger partial charge in [-0.15, -0.1) is 11.3 Å². The molecule has 0 aliphatic heterocycles. The zero-order valence-corrected chi connectivity index (χ0v) is 13.2. The predicted molar refractivity (Wildman–Crippen MR) is 88.7 cm³/mol. The molecule has 2 aromatic rings. The average molecular weight is 326 g/mol. The van der Waals surface area contributed by atoms with E-state index in [-0.39, 0.29) is 0 Å². The molecular weight excluding hydrogens is 312 g/mol. The van der Waals surface area contributed by atoms with Crippen molar-refractivity contribution in [3.63, 3.8) is 0 Å². The minimum absolute atomic E-state index is 0.344. The van der Waals surface area contributed by atoms with Crippen LogP contribution in [0.4, 0.5) is 5.69 Å². The SMILES string of the molecule is C[C@@H](OC(=O)/C=C/c1cccs1)C(=O)Nc1ccccc1C#N. The average Bonchev–Trinajstić information content (AvgIpc) is 3.06. The number of nitrogens with zero attached hydrogens (tertiary/aromatic N) is 1. The lowest BCUT2D eigenvalue weighted by molar-refractivity contribution is -0.148. The fourth-order valence-corrected chi connectivity index (χ4v) is 2.35. The van der Waals surface area contributed by atoms with Gasteiger partial charge in [0.15, 0.2) is 6.10 Å². The highest BCUT2D eigenvalue weighted by Gasteiger charge is 2.17. The number of amides is 1. The van der Waals surface area contributed by atoms with Gasteiger partial charge in [0, 0.05) is 11.0 Å². The lowest BCUT2D eigenvalue weighted by Crippen LogP contribution is -2.29. The van der Waals surface area contributed by atoms with Crippen LogP contribution in [0.2, 0.25) is 0 Å². The zero-order chi connectivity index (χ0) is 16.7. The fourth-order valence-electron chi connectivity index (χ4n) is 1.73. The van der Waals surface area contributed by atoms with Crippen molar-refractivity contribution >= 4 is 35.0 Å². The van der Waals surface area contributed by atoms with Gasteiger partial charge in [-0.25, -0.2) is 4.79 Å². The summed E-state index contributed by atoms with van der Waals surface area (Å²) in [6.45, 7) is 1.47. The van der Waals surface area contributed by atoms with Crippen LogP contribution in [0.5, 0.6) is 0 Å².